The van der Waals surface area contributed by atoms with Crippen LogP contribution in [0.15, 0.2) is 41.2 Å². The van der Waals surface area contributed by atoms with Gasteiger partial charge in [0.15, 0.2) is 11.5 Å². The summed E-state index contributed by atoms with van der Waals surface area (Å²) in [5, 5.41) is 20.0. The quantitative estimate of drug-likeness (QED) is 0.398. The van der Waals surface area contributed by atoms with Gasteiger partial charge in [-0.25, -0.2) is 9.59 Å². The van der Waals surface area contributed by atoms with Crippen molar-refractivity contribution in [2.45, 2.75) is 6.61 Å². The molecule has 0 spiro atoms. The van der Waals surface area contributed by atoms with E-state index in [9.17, 15) is 24.6 Å². The van der Waals surface area contributed by atoms with E-state index >= 15 is 0 Å². The third kappa shape index (κ3) is 4.48. The fourth-order valence-electron chi connectivity index (χ4n) is 3.07. The zero-order chi connectivity index (χ0) is 23.6. The molecule has 166 valence electrons. The second kappa shape index (κ2) is 9.21. The van der Waals surface area contributed by atoms with E-state index in [1.807, 2.05) is 0 Å². The average Bonchev–Trinajstić information content (AvgIpc) is 2.71. The predicted molar refractivity (Wildman–Crippen MR) is 118 cm³/mol. The minimum absolute atomic E-state index is 0.0738. The number of halogens is 2. The van der Waals surface area contributed by atoms with Crippen LogP contribution in [0.5, 0.6) is 11.5 Å². The maximum Gasteiger partial charge on any atom is 0.342 e. The molecule has 0 unspecified atom stereocenters. The number of rotatable bonds is 7. The van der Waals surface area contributed by atoms with Gasteiger partial charge in [-0.05, 0) is 29.8 Å². The summed E-state index contributed by atoms with van der Waals surface area (Å²) in [4.78, 5) is 37.7. The molecular weight excluding hydrogens is 463 g/mol. The molecule has 0 bridgehead atoms. The van der Waals surface area contributed by atoms with E-state index < -0.39 is 34.4 Å². The molecule has 0 aliphatic carbocycles. The number of aromatic nitrogens is 1. The van der Waals surface area contributed by atoms with Gasteiger partial charge in [0.1, 0.15) is 23.6 Å². The highest BCUT2D eigenvalue weighted by atomic mass is 35.5. The molecule has 0 fully saturated rings. The number of ether oxygens (including phenoxy) is 2. The topological polar surface area (TPSA) is 152 Å². The lowest BCUT2D eigenvalue weighted by molar-refractivity contribution is 0.0695. The molecule has 5 N–H and O–H groups in total. The molecule has 32 heavy (non-hydrogen) atoms. The number of carboxylic acids is 2. The van der Waals surface area contributed by atoms with Gasteiger partial charge in [-0.2, -0.15) is 0 Å². The summed E-state index contributed by atoms with van der Waals surface area (Å²) >= 11 is 12.0. The molecule has 3 rings (SSSR count). The number of pyridine rings is 1. The smallest absolute Gasteiger partial charge is 0.342 e. The molecule has 3 aromatic rings. The third-order valence-electron chi connectivity index (χ3n) is 4.52. The number of carbonyl (C=O) groups is 2. The van der Waals surface area contributed by atoms with Crippen molar-refractivity contribution in [3.8, 4) is 22.6 Å². The Labute approximate surface area is 190 Å². The highest BCUT2D eigenvalue weighted by Crippen LogP contribution is 2.36. The molecular formula is C21H16Cl2N2O7. The molecule has 11 heteroatoms. The molecule has 0 saturated carbocycles. The second-order valence-corrected chi connectivity index (χ2v) is 7.34. The number of nitrogen functional groups attached to an aromatic ring is 1. The number of benzene rings is 2. The number of nitrogens with two attached hydrogens (primary N) is 1. The summed E-state index contributed by atoms with van der Waals surface area (Å²) in [6.07, 6.45) is 0. The Kier molecular flexibility index (Phi) is 6.61. The molecule has 1 heterocycles. The largest absolute Gasteiger partial charge is 0.493 e. The Bertz CT molecular complexity index is 1290. The standard InChI is InChI=1S/C21H16Cl2N2O7/c1-31-14-6-9(3-5-13(14)32-8-10-2-4-11(22)7-12(10)23)15-16(20(27)28)18(24)25-19(26)17(15)21(29)30/h2-7H,8H2,1H3,(H,27,28)(H,29,30)(H3,24,25,26). The number of methoxy groups -OCH3 is 1. The highest BCUT2D eigenvalue weighted by molar-refractivity contribution is 6.35. The average molecular weight is 479 g/mol. The molecule has 0 radical (unpaired) electrons. The lowest BCUT2D eigenvalue weighted by Gasteiger charge is -2.15. The van der Waals surface area contributed by atoms with E-state index in [2.05, 4.69) is 4.98 Å². The number of aromatic carboxylic acids is 2. The van der Waals surface area contributed by atoms with Crippen molar-refractivity contribution in [1.82, 2.24) is 4.98 Å². The van der Waals surface area contributed by atoms with E-state index in [1.54, 1.807) is 18.2 Å². The highest BCUT2D eigenvalue weighted by Gasteiger charge is 2.27. The van der Waals surface area contributed by atoms with Gasteiger partial charge < -0.3 is 30.4 Å². The Hall–Kier alpha value is -3.69. The number of carboxylic acid groups (broad SMARTS) is 2. The minimum Gasteiger partial charge on any atom is -0.493 e. The number of hydrogen-bond acceptors (Lipinski definition) is 6. The van der Waals surface area contributed by atoms with Gasteiger partial charge in [0.2, 0.25) is 0 Å². The van der Waals surface area contributed by atoms with Gasteiger partial charge in [0.05, 0.1) is 7.11 Å². The van der Waals surface area contributed by atoms with Gasteiger partial charge in [-0.1, -0.05) is 35.3 Å². The number of anilines is 1. The van der Waals surface area contributed by atoms with Gasteiger partial charge in [-0.3, -0.25) is 4.79 Å². The van der Waals surface area contributed by atoms with Gasteiger partial charge in [-0.15, -0.1) is 0 Å². The Morgan fingerprint density at radius 2 is 1.72 bits per heavy atom. The van der Waals surface area contributed by atoms with Crippen LogP contribution in [0.4, 0.5) is 5.82 Å². The predicted octanol–water partition coefficient (Wildman–Crippen LogP) is 3.91. The Morgan fingerprint density at radius 1 is 1.03 bits per heavy atom. The van der Waals surface area contributed by atoms with E-state index in [0.717, 1.165) is 0 Å². The molecule has 0 amide bonds. The van der Waals surface area contributed by atoms with Crippen LogP contribution in [0.2, 0.25) is 10.0 Å². The molecule has 0 aliphatic heterocycles. The number of aromatic amines is 1. The summed E-state index contributed by atoms with van der Waals surface area (Å²) in [6.45, 7) is 0.0738. The summed E-state index contributed by atoms with van der Waals surface area (Å²) in [5.74, 6) is -3.15. The lowest BCUT2D eigenvalue weighted by atomic mass is 9.95. The monoisotopic (exact) mass is 478 g/mol. The van der Waals surface area contributed by atoms with Crippen LogP contribution in [0.25, 0.3) is 11.1 Å². The van der Waals surface area contributed by atoms with Crippen molar-refractivity contribution >= 4 is 41.0 Å². The second-order valence-electron chi connectivity index (χ2n) is 6.49. The number of nitrogens with one attached hydrogen (secondary N) is 1. The molecule has 0 atom stereocenters. The normalized spacial score (nSPS) is 10.6. The van der Waals surface area contributed by atoms with Crippen LogP contribution < -0.4 is 20.8 Å². The zero-order valence-corrected chi connectivity index (χ0v) is 18.0. The van der Waals surface area contributed by atoms with E-state index in [-0.39, 0.29) is 29.2 Å². The van der Waals surface area contributed by atoms with Crippen molar-refractivity contribution in [1.29, 1.82) is 0 Å². The van der Waals surface area contributed by atoms with Crippen LogP contribution in [0.3, 0.4) is 0 Å². The van der Waals surface area contributed by atoms with Crippen LogP contribution in [-0.4, -0.2) is 34.2 Å². The molecule has 2 aromatic carbocycles. The van der Waals surface area contributed by atoms with E-state index in [1.165, 1.54) is 25.3 Å². The van der Waals surface area contributed by atoms with Gasteiger partial charge >= 0.3 is 11.9 Å². The maximum absolute atomic E-state index is 12.2. The van der Waals surface area contributed by atoms with E-state index in [0.29, 0.717) is 15.6 Å². The first kappa shape index (κ1) is 23.0. The van der Waals surface area contributed by atoms with Crippen molar-refractivity contribution in [3.63, 3.8) is 0 Å². The molecule has 0 saturated heterocycles. The summed E-state index contributed by atoms with van der Waals surface area (Å²) in [6, 6.07) is 9.13. The first-order chi connectivity index (χ1) is 15.1. The van der Waals surface area contributed by atoms with Crippen LogP contribution in [-0.2, 0) is 6.61 Å². The fraction of sp³-hybridized carbons (Fsp3) is 0.0952. The van der Waals surface area contributed by atoms with Crippen LogP contribution >= 0.6 is 23.2 Å². The Morgan fingerprint density at radius 3 is 2.31 bits per heavy atom. The maximum atomic E-state index is 12.2. The summed E-state index contributed by atoms with van der Waals surface area (Å²) < 4.78 is 11.1. The summed E-state index contributed by atoms with van der Waals surface area (Å²) in [5.41, 5.74) is 3.71. The van der Waals surface area contributed by atoms with Crippen molar-refractivity contribution < 1.29 is 29.3 Å². The SMILES string of the molecule is COc1cc(-c2c(C(=O)O)c(N)[nH]c(=O)c2C(=O)O)ccc1OCc1ccc(Cl)cc1Cl. The first-order valence-electron chi connectivity index (χ1n) is 8.91. The van der Waals surface area contributed by atoms with Crippen molar-refractivity contribution in [3.05, 3.63) is 73.5 Å². The van der Waals surface area contributed by atoms with Gasteiger partial charge in [0, 0.05) is 21.2 Å². The lowest BCUT2D eigenvalue weighted by Crippen LogP contribution is -2.24. The first-order valence-corrected chi connectivity index (χ1v) is 9.67. The van der Waals surface area contributed by atoms with E-state index in [4.69, 9.17) is 38.4 Å². The summed E-state index contributed by atoms with van der Waals surface area (Å²) in [7, 11) is 1.35. The van der Waals surface area contributed by atoms with Gasteiger partial charge in [0.25, 0.3) is 5.56 Å². The molecule has 0 aliphatic rings. The fourth-order valence-corrected chi connectivity index (χ4v) is 3.54. The van der Waals surface area contributed by atoms with Crippen molar-refractivity contribution in [2.24, 2.45) is 0 Å². The van der Waals surface area contributed by atoms with Crippen molar-refractivity contribution in [2.75, 3.05) is 12.8 Å². The molecule has 9 nitrogen and oxygen atoms in total. The minimum atomic E-state index is -1.61. The zero-order valence-electron chi connectivity index (χ0n) is 16.4. The van der Waals surface area contributed by atoms with Crippen LogP contribution in [0.1, 0.15) is 26.3 Å². The molecule has 1 aromatic heterocycles. The van der Waals surface area contributed by atoms with Crippen LogP contribution in [0, 0.1) is 0 Å². The third-order valence-corrected chi connectivity index (χ3v) is 5.11. The Balaban J connectivity index is 2.09. The number of hydrogen-bond donors (Lipinski definition) is 4. The number of H-pyrrole nitrogens is 1.